The molecule has 0 amide bonds. The molecular weight excluding hydrogens is 586 g/mol. The third-order valence-corrected chi connectivity index (χ3v) is 11.0. The van der Waals surface area contributed by atoms with Crippen LogP contribution < -0.4 is 10.1 Å². The maximum Gasteiger partial charge on any atom is 0.329 e. The summed E-state index contributed by atoms with van der Waals surface area (Å²) in [5, 5.41) is 14.5. The lowest BCUT2D eigenvalue weighted by Crippen LogP contribution is -2.53. The fourth-order valence-corrected chi connectivity index (χ4v) is 8.55. The zero-order valence-corrected chi connectivity index (χ0v) is 26.3. The van der Waals surface area contributed by atoms with Gasteiger partial charge in [-0.2, -0.15) is 0 Å². The molecule has 1 fully saturated rings. The number of carbonyl (C=O) groups is 1. The largest absolute Gasteiger partial charge is 0.493 e. The van der Waals surface area contributed by atoms with E-state index in [4.69, 9.17) is 27.9 Å². The molecule has 0 aliphatic heterocycles. The first-order valence-corrected chi connectivity index (χ1v) is 16.2. The number of carboxylic acid groups (broad SMARTS) is 1. The zero-order chi connectivity index (χ0) is 30.4. The maximum atomic E-state index is 14.6. The van der Waals surface area contributed by atoms with Gasteiger partial charge in [0.1, 0.15) is 17.1 Å². The van der Waals surface area contributed by atoms with Gasteiger partial charge in [-0.3, -0.25) is 4.98 Å². The van der Waals surface area contributed by atoms with Gasteiger partial charge in [0.2, 0.25) is 0 Å². The fraction of sp³-hybridized carbons (Fsp3) is 0.486. The van der Waals surface area contributed by atoms with Crippen molar-refractivity contribution in [2.45, 2.75) is 88.5 Å². The summed E-state index contributed by atoms with van der Waals surface area (Å²) in [6.07, 6.45) is 8.90. The Balaban J connectivity index is 1.23. The van der Waals surface area contributed by atoms with Crippen molar-refractivity contribution in [3.05, 3.63) is 86.9 Å². The highest BCUT2D eigenvalue weighted by atomic mass is 35.5. The van der Waals surface area contributed by atoms with Crippen LogP contribution in [-0.2, 0) is 23.1 Å². The van der Waals surface area contributed by atoms with Crippen LogP contribution in [0.15, 0.2) is 48.7 Å². The van der Waals surface area contributed by atoms with E-state index in [0.717, 1.165) is 48.3 Å². The molecule has 0 unspecified atom stereocenters. The number of ether oxygens (including phenoxy) is 1. The van der Waals surface area contributed by atoms with Crippen molar-refractivity contribution in [3.8, 4) is 5.75 Å². The Bertz CT molecular complexity index is 1520. The Labute approximate surface area is 263 Å². The minimum atomic E-state index is -1.11. The van der Waals surface area contributed by atoms with Gasteiger partial charge in [-0.1, -0.05) is 49.2 Å². The van der Waals surface area contributed by atoms with Gasteiger partial charge in [-0.05, 0) is 122 Å². The molecule has 5 nitrogen and oxygen atoms in total. The Kier molecular flexibility index (Phi) is 8.38. The number of halogens is 3. The van der Waals surface area contributed by atoms with Crippen LogP contribution in [-0.4, -0.2) is 28.2 Å². The first-order valence-electron chi connectivity index (χ1n) is 15.5. The first-order chi connectivity index (χ1) is 20.6. The van der Waals surface area contributed by atoms with E-state index in [-0.39, 0.29) is 22.3 Å². The normalized spacial score (nSPS) is 26.9. The van der Waals surface area contributed by atoms with Crippen molar-refractivity contribution in [3.63, 3.8) is 0 Å². The highest BCUT2D eigenvalue weighted by molar-refractivity contribution is 6.31. The van der Waals surface area contributed by atoms with Crippen LogP contribution in [0.4, 0.5) is 10.1 Å². The lowest BCUT2D eigenvalue weighted by molar-refractivity contribution is -0.144. The summed E-state index contributed by atoms with van der Waals surface area (Å²) in [5.41, 5.74) is 3.66. The molecule has 228 valence electrons. The fourth-order valence-electron chi connectivity index (χ4n) is 8.12. The number of anilines is 1. The third-order valence-electron chi connectivity index (χ3n) is 10.4. The number of pyridine rings is 1. The average Bonchev–Trinajstić information content (AvgIpc) is 3.28. The number of aliphatic carboxylic acids is 1. The SMILES string of the molecule is C[C@@H](COc1ccnc2c1[C@H](C)CCC2)C[C@@H]1Cc2c(ccc(F)c2Cl)C12CCC(Nc1cccc(Cl)c1)(C(=O)O)CC2. The van der Waals surface area contributed by atoms with Gasteiger partial charge in [0, 0.05) is 28.2 Å². The van der Waals surface area contributed by atoms with E-state index in [0.29, 0.717) is 55.3 Å². The van der Waals surface area contributed by atoms with E-state index in [1.165, 1.54) is 11.6 Å². The van der Waals surface area contributed by atoms with E-state index in [1.54, 1.807) is 12.1 Å². The second kappa shape index (κ2) is 11.9. The number of benzene rings is 2. The molecule has 3 atom stereocenters. The van der Waals surface area contributed by atoms with Crippen LogP contribution in [0.2, 0.25) is 10.0 Å². The number of carboxylic acids is 1. The van der Waals surface area contributed by atoms with Crippen molar-refractivity contribution >= 4 is 34.9 Å². The lowest BCUT2D eigenvalue weighted by atomic mass is 9.59. The molecule has 3 aliphatic carbocycles. The number of nitrogens with one attached hydrogen (secondary N) is 1. The number of rotatable bonds is 8. The summed E-state index contributed by atoms with van der Waals surface area (Å²) in [4.78, 5) is 17.3. The van der Waals surface area contributed by atoms with Crippen molar-refractivity contribution in [2.24, 2.45) is 11.8 Å². The van der Waals surface area contributed by atoms with Crippen LogP contribution >= 0.6 is 23.2 Å². The second-order valence-electron chi connectivity index (χ2n) is 13.1. The summed E-state index contributed by atoms with van der Waals surface area (Å²) >= 11 is 12.8. The predicted molar refractivity (Wildman–Crippen MR) is 169 cm³/mol. The molecule has 43 heavy (non-hydrogen) atoms. The quantitative estimate of drug-likeness (QED) is 0.262. The van der Waals surface area contributed by atoms with Crippen LogP contribution in [0.5, 0.6) is 5.75 Å². The van der Waals surface area contributed by atoms with Gasteiger partial charge in [-0.25, -0.2) is 9.18 Å². The van der Waals surface area contributed by atoms with Gasteiger partial charge < -0.3 is 15.2 Å². The third kappa shape index (κ3) is 5.62. The average molecular weight is 626 g/mol. The van der Waals surface area contributed by atoms with Crippen molar-refractivity contribution in [2.75, 3.05) is 11.9 Å². The topological polar surface area (TPSA) is 71.5 Å². The monoisotopic (exact) mass is 624 g/mol. The summed E-state index contributed by atoms with van der Waals surface area (Å²) in [6.45, 7) is 5.03. The van der Waals surface area contributed by atoms with Gasteiger partial charge in [-0.15, -0.1) is 0 Å². The van der Waals surface area contributed by atoms with Crippen LogP contribution in [0.1, 0.15) is 87.1 Å². The van der Waals surface area contributed by atoms with Gasteiger partial charge in [0.05, 0.1) is 11.6 Å². The van der Waals surface area contributed by atoms with Crippen LogP contribution in [0.25, 0.3) is 0 Å². The Morgan fingerprint density at radius 1 is 1.19 bits per heavy atom. The predicted octanol–water partition coefficient (Wildman–Crippen LogP) is 8.99. The molecule has 8 heteroatoms. The van der Waals surface area contributed by atoms with Crippen LogP contribution in [0, 0.1) is 17.7 Å². The van der Waals surface area contributed by atoms with E-state index < -0.39 is 17.3 Å². The standard InChI is InChI=1S/C35H39Cl2FN2O3/c1-21(20-43-30-11-16-39-29-8-3-5-22(2)31(29)30)17-23-18-26-27(9-10-28(38)32(26)37)34(23)12-14-35(15-13-34,33(41)42)40-25-7-4-6-24(36)19-25/h4,6-7,9-11,16,19,21-23,40H,3,5,8,12-15,17-18,20H2,1-2H3,(H,41,42)/t21-,22-,23-,34?,35?/m1/s1. The summed E-state index contributed by atoms with van der Waals surface area (Å²) in [7, 11) is 0. The van der Waals surface area contributed by atoms with E-state index >= 15 is 0 Å². The van der Waals surface area contributed by atoms with Crippen molar-refractivity contribution in [1.29, 1.82) is 0 Å². The number of aryl methyl sites for hydroxylation is 1. The molecule has 0 saturated heterocycles. The number of hydrogen-bond acceptors (Lipinski definition) is 4. The molecule has 1 spiro atoms. The summed E-state index contributed by atoms with van der Waals surface area (Å²) in [6, 6.07) is 12.5. The molecule has 0 radical (unpaired) electrons. The Hall–Kier alpha value is -2.83. The zero-order valence-electron chi connectivity index (χ0n) is 24.8. The summed E-state index contributed by atoms with van der Waals surface area (Å²) < 4.78 is 21.1. The van der Waals surface area contributed by atoms with Gasteiger partial charge in [0.25, 0.3) is 0 Å². The number of fused-ring (bicyclic) bond motifs is 3. The first kappa shape index (κ1) is 30.2. The van der Waals surface area contributed by atoms with E-state index in [9.17, 15) is 14.3 Å². The van der Waals surface area contributed by atoms with Crippen molar-refractivity contribution < 1.29 is 19.0 Å². The molecule has 6 rings (SSSR count). The second-order valence-corrected chi connectivity index (χ2v) is 13.9. The summed E-state index contributed by atoms with van der Waals surface area (Å²) in [5.74, 6) is 0.537. The van der Waals surface area contributed by atoms with Gasteiger partial charge in [0.15, 0.2) is 0 Å². The number of nitrogens with zero attached hydrogens (tertiary/aromatic N) is 1. The van der Waals surface area contributed by atoms with Crippen LogP contribution in [0.3, 0.4) is 0 Å². The minimum Gasteiger partial charge on any atom is -0.493 e. The molecule has 3 aliphatic rings. The number of aromatic nitrogens is 1. The molecule has 0 bridgehead atoms. The molecule has 1 saturated carbocycles. The smallest absolute Gasteiger partial charge is 0.329 e. The number of hydrogen-bond donors (Lipinski definition) is 2. The molecule has 1 heterocycles. The molecule has 2 N–H and O–H groups in total. The van der Waals surface area contributed by atoms with Gasteiger partial charge >= 0.3 is 5.97 Å². The van der Waals surface area contributed by atoms with Crippen molar-refractivity contribution in [1.82, 2.24) is 4.98 Å². The van der Waals surface area contributed by atoms with E-state index in [2.05, 4.69) is 24.1 Å². The highest BCUT2D eigenvalue weighted by Crippen LogP contribution is 2.57. The molecule has 3 aromatic rings. The molecule has 2 aromatic carbocycles. The Morgan fingerprint density at radius 2 is 1.98 bits per heavy atom. The maximum absolute atomic E-state index is 14.6. The molecular formula is C35H39Cl2FN2O3. The lowest BCUT2D eigenvalue weighted by Gasteiger charge is -2.47. The Morgan fingerprint density at radius 3 is 2.72 bits per heavy atom. The molecule has 1 aromatic heterocycles. The highest BCUT2D eigenvalue weighted by Gasteiger charge is 2.54. The van der Waals surface area contributed by atoms with E-state index in [1.807, 2.05) is 30.5 Å². The minimum absolute atomic E-state index is 0.198.